The number of anilines is 1. The molecule has 0 aromatic heterocycles. The molecule has 2 aromatic rings. The predicted molar refractivity (Wildman–Crippen MR) is 103 cm³/mol. The molecule has 6 nitrogen and oxygen atoms in total. The van der Waals surface area contributed by atoms with Gasteiger partial charge in [0.05, 0.1) is 4.90 Å². The Morgan fingerprint density at radius 1 is 1.00 bits per heavy atom. The summed E-state index contributed by atoms with van der Waals surface area (Å²) in [4.78, 5) is 4.83. The smallest absolute Gasteiger partial charge is 0.175 e. The van der Waals surface area contributed by atoms with Gasteiger partial charge in [0.2, 0.25) is 0 Å². The van der Waals surface area contributed by atoms with Crippen molar-refractivity contribution in [2.45, 2.75) is 4.90 Å². The zero-order valence-corrected chi connectivity index (χ0v) is 15.6. The molecule has 1 saturated heterocycles. The zero-order valence-electron chi connectivity index (χ0n) is 14.7. The van der Waals surface area contributed by atoms with E-state index in [-0.39, 0.29) is 4.90 Å². The van der Waals surface area contributed by atoms with E-state index in [2.05, 4.69) is 27.1 Å². The van der Waals surface area contributed by atoms with Crippen molar-refractivity contribution in [2.75, 3.05) is 43.9 Å². The first-order valence-corrected chi connectivity index (χ1v) is 10.4. The maximum Gasteiger partial charge on any atom is 0.175 e. The molecule has 1 N–H and O–H groups in total. The van der Waals surface area contributed by atoms with Gasteiger partial charge in [-0.3, -0.25) is 4.90 Å². The Morgan fingerprint density at radius 2 is 1.62 bits per heavy atom. The number of oxime groups is 1. The molecule has 1 aliphatic heterocycles. The third-order valence-electron chi connectivity index (χ3n) is 4.60. The largest absolute Gasteiger partial charge is 0.411 e. The van der Waals surface area contributed by atoms with Crippen molar-refractivity contribution in [1.29, 1.82) is 0 Å². The van der Waals surface area contributed by atoms with Gasteiger partial charge < -0.3 is 10.1 Å². The minimum absolute atomic E-state index is 0.259. The van der Waals surface area contributed by atoms with Gasteiger partial charge in [0.1, 0.15) is 5.71 Å². The highest BCUT2D eigenvalue weighted by molar-refractivity contribution is 7.90. The predicted octanol–water partition coefficient (Wildman–Crippen LogP) is 2.09. The maximum atomic E-state index is 11.6. The van der Waals surface area contributed by atoms with E-state index in [4.69, 9.17) is 0 Å². The average Bonchev–Trinajstić information content (AvgIpc) is 2.67. The minimum Gasteiger partial charge on any atom is -0.411 e. The molecule has 138 valence electrons. The molecule has 2 aromatic carbocycles. The molecule has 1 fully saturated rings. The molecule has 3 rings (SSSR count). The van der Waals surface area contributed by atoms with Gasteiger partial charge in [0.15, 0.2) is 9.84 Å². The molecule has 0 atom stereocenters. The lowest BCUT2D eigenvalue weighted by Gasteiger charge is -2.36. The Labute approximate surface area is 154 Å². The van der Waals surface area contributed by atoms with Crippen LogP contribution in [0.25, 0.3) is 0 Å². The van der Waals surface area contributed by atoms with Crippen molar-refractivity contribution in [3.63, 3.8) is 0 Å². The molecule has 0 amide bonds. The van der Waals surface area contributed by atoms with Gasteiger partial charge in [-0.15, -0.1) is 0 Å². The van der Waals surface area contributed by atoms with E-state index in [1.54, 1.807) is 24.3 Å². The van der Waals surface area contributed by atoms with Gasteiger partial charge >= 0.3 is 0 Å². The third kappa shape index (κ3) is 4.42. The summed E-state index contributed by atoms with van der Waals surface area (Å²) in [6, 6.07) is 16.8. The Kier molecular flexibility index (Phi) is 5.58. The zero-order chi connectivity index (χ0) is 18.6. The Balaban J connectivity index is 1.61. The SMILES string of the molecule is CS(=O)(=O)c1ccc(C(CN2CCN(c3ccccc3)CC2)=NO)cc1. The fourth-order valence-electron chi connectivity index (χ4n) is 3.09. The van der Waals surface area contributed by atoms with Crippen LogP contribution < -0.4 is 4.90 Å². The van der Waals surface area contributed by atoms with Gasteiger partial charge in [0.25, 0.3) is 0 Å². The second-order valence-corrected chi connectivity index (χ2v) is 8.46. The molecule has 0 bridgehead atoms. The first-order valence-electron chi connectivity index (χ1n) is 8.51. The highest BCUT2D eigenvalue weighted by Gasteiger charge is 2.19. The highest BCUT2D eigenvalue weighted by Crippen LogP contribution is 2.16. The second-order valence-electron chi connectivity index (χ2n) is 6.44. The number of hydrogen-bond donors (Lipinski definition) is 1. The van der Waals surface area contributed by atoms with Crippen LogP contribution in [-0.4, -0.2) is 63.2 Å². The second kappa shape index (κ2) is 7.88. The summed E-state index contributed by atoms with van der Waals surface area (Å²) < 4.78 is 23.1. The maximum absolute atomic E-state index is 11.6. The van der Waals surface area contributed by atoms with Gasteiger partial charge in [-0.1, -0.05) is 35.5 Å². The lowest BCUT2D eigenvalue weighted by atomic mass is 10.1. The van der Waals surface area contributed by atoms with Crippen LogP contribution in [0.3, 0.4) is 0 Å². The fourth-order valence-corrected chi connectivity index (χ4v) is 3.72. The van der Waals surface area contributed by atoms with E-state index in [0.717, 1.165) is 31.7 Å². The fraction of sp³-hybridized carbons (Fsp3) is 0.316. The lowest BCUT2D eigenvalue weighted by molar-refractivity contribution is 0.280. The van der Waals surface area contributed by atoms with Gasteiger partial charge in [0, 0.05) is 50.2 Å². The summed E-state index contributed by atoms with van der Waals surface area (Å²) in [5.41, 5.74) is 2.49. The summed E-state index contributed by atoms with van der Waals surface area (Å²) in [7, 11) is -3.23. The molecule has 1 aliphatic rings. The Morgan fingerprint density at radius 3 is 2.15 bits per heavy atom. The van der Waals surface area contributed by atoms with Crippen molar-refractivity contribution in [3.8, 4) is 0 Å². The van der Waals surface area contributed by atoms with Crippen molar-refractivity contribution in [3.05, 3.63) is 60.2 Å². The summed E-state index contributed by atoms with van der Waals surface area (Å²) in [5.74, 6) is 0. The van der Waals surface area contributed by atoms with Crippen LogP contribution in [0, 0.1) is 0 Å². The van der Waals surface area contributed by atoms with E-state index in [1.807, 2.05) is 18.2 Å². The molecule has 26 heavy (non-hydrogen) atoms. The highest BCUT2D eigenvalue weighted by atomic mass is 32.2. The van der Waals surface area contributed by atoms with Crippen LogP contribution in [0.2, 0.25) is 0 Å². The van der Waals surface area contributed by atoms with Crippen LogP contribution in [0.5, 0.6) is 0 Å². The minimum atomic E-state index is -3.23. The molecular weight excluding hydrogens is 350 g/mol. The Bertz CT molecular complexity index is 857. The quantitative estimate of drug-likeness (QED) is 0.494. The van der Waals surface area contributed by atoms with Crippen molar-refractivity contribution < 1.29 is 13.6 Å². The number of para-hydroxylation sites is 1. The van der Waals surface area contributed by atoms with Crippen LogP contribution in [0.15, 0.2) is 64.6 Å². The average molecular weight is 373 g/mol. The Hall–Kier alpha value is -2.38. The van der Waals surface area contributed by atoms with E-state index < -0.39 is 9.84 Å². The number of benzene rings is 2. The summed E-state index contributed by atoms with van der Waals surface area (Å²) in [5, 5.41) is 12.8. The van der Waals surface area contributed by atoms with Crippen LogP contribution in [0.1, 0.15) is 5.56 Å². The number of rotatable bonds is 5. The van der Waals surface area contributed by atoms with Crippen LogP contribution in [-0.2, 0) is 9.84 Å². The van der Waals surface area contributed by atoms with E-state index in [1.165, 1.54) is 11.9 Å². The first kappa shape index (κ1) is 18.4. The molecule has 7 heteroatoms. The number of hydrogen-bond acceptors (Lipinski definition) is 6. The molecule has 0 aliphatic carbocycles. The first-order chi connectivity index (χ1) is 12.5. The molecule has 0 unspecified atom stereocenters. The number of piperazine rings is 1. The van der Waals surface area contributed by atoms with E-state index >= 15 is 0 Å². The lowest BCUT2D eigenvalue weighted by Crippen LogP contribution is -2.48. The van der Waals surface area contributed by atoms with E-state index in [9.17, 15) is 13.6 Å². The third-order valence-corrected chi connectivity index (χ3v) is 5.73. The van der Waals surface area contributed by atoms with Crippen molar-refractivity contribution in [1.82, 2.24) is 4.90 Å². The number of nitrogens with zero attached hydrogens (tertiary/aromatic N) is 3. The molecule has 0 saturated carbocycles. The monoisotopic (exact) mass is 373 g/mol. The summed E-state index contributed by atoms with van der Waals surface area (Å²) in [6.45, 7) is 4.09. The summed E-state index contributed by atoms with van der Waals surface area (Å²) in [6.07, 6.45) is 1.18. The van der Waals surface area contributed by atoms with E-state index in [0.29, 0.717) is 12.3 Å². The topological polar surface area (TPSA) is 73.2 Å². The van der Waals surface area contributed by atoms with Crippen LogP contribution in [0.4, 0.5) is 5.69 Å². The molecule has 1 heterocycles. The van der Waals surface area contributed by atoms with Crippen LogP contribution >= 0.6 is 0 Å². The van der Waals surface area contributed by atoms with Gasteiger partial charge in [-0.25, -0.2) is 8.42 Å². The normalized spacial score (nSPS) is 16.7. The number of sulfone groups is 1. The van der Waals surface area contributed by atoms with Crippen molar-refractivity contribution in [2.24, 2.45) is 5.16 Å². The van der Waals surface area contributed by atoms with Gasteiger partial charge in [-0.2, -0.15) is 0 Å². The van der Waals surface area contributed by atoms with Gasteiger partial charge in [-0.05, 0) is 24.3 Å². The molecule has 0 spiro atoms. The van der Waals surface area contributed by atoms with Crippen molar-refractivity contribution >= 4 is 21.2 Å². The standard InChI is InChI=1S/C19H23N3O3S/c1-26(24,25)18-9-7-16(8-10-18)19(20-23)15-21-11-13-22(14-12-21)17-5-3-2-4-6-17/h2-10,23H,11-15H2,1H3. The molecular formula is C19H23N3O3S. The summed E-state index contributed by atoms with van der Waals surface area (Å²) >= 11 is 0. The molecule has 0 radical (unpaired) electrons.